The second-order valence-electron chi connectivity index (χ2n) is 7.40. The van der Waals surface area contributed by atoms with E-state index in [-0.39, 0.29) is 42.6 Å². The predicted molar refractivity (Wildman–Crippen MR) is 123 cm³/mol. The highest BCUT2D eigenvalue weighted by molar-refractivity contribution is 7.99. The minimum Gasteiger partial charge on any atom is -0.508 e. The number of hydrogen-bond acceptors (Lipinski definition) is 8. The first-order chi connectivity index (χ1) is 15.5. The van der Waals surface area contributed by atoms with Crippen molar-refractivity contribution in [3.8, 4) is 11.5 Å². The van der Waals surface area contributed by atoms with Gasteiger partial charge in [-0.2, -0.15) is 11.8 Å². The van der Waals surface area contributed by atoms with Gasteiger partial charge in [-0.15, -0.1) is 0 Å². The average Bonchev–Trinajstić information content (AvgIpc) is 2.77. The Hall–Kier alpha value is -2.94. The largest absolute Gasteiger partial charge is 0.508 e. The molecule has 8 nitrogen and oxygen atoms in total. The van der Waals surface area contributed by atoms with E-state index in [0.29, 0.717) is 30.8 Å². The smallest absolute Gasteiger partial charge is 0.342 e. The number of carbonyl (C=O) groups is 2. The van der Waals surface area contributed by atoms with Crippen molar-refractivity contribution < 1.29 is 29.4 Å². The molecule has 32 heavy (non-hydrogen) atoms. The maximum atomic E-state index is 12.6. The van der Waals surface area contributed by atoms with E-state index >= 15 is 0 Å². The molecule has 9 heteroatoms. The Morgan fingerprint density at radius 2 is 1.88 bits per heavy atom. The molecule has 3 rings (SSSR count). The van der Waals surface area contributed by atoms with E-state index in [4.69, 9.17) is 9.57 Å². The van der Waals surface area contributed by atoms with Crippen LogP contribution in [0.1, 0.15) is 35.2 Å². The van der Waals surface area contributed by atoms with E-state index < -0.39 is 5.97 Å². The van der Waals surface area contributed by atoms with Crippen molar-refractivity contribution in [1.82, 2.24) is 4.90 Å². The number of rotatable bonds is 3. The molecule has 2 aliphatic heterocycles. The molecular weight excluding hydrogens is 432 g/mol. The van der Waals surface area contributed by atoms with Gasteiger partial charge in [-0.05, 0) is 37.0 Å². The van der Waals surface area contributed by atoms with Gasteiger partial charge in [-0.3, -0.25) is 4.79 Å². The molecule has 0 unspecified atom stereocenters. The number of hydrogen-bond donors (Lipinski definition) is 2. The van der Waals surface area contributed by atoms with Gasteiger partial charge in [0, 0.05) is 37.1 Å². The molecule has 0 spiro atoms. The fourth-order valence-corrected chi connectivity index (χ4v) is 4.28. The Bertz CT molecular complexity index is 906. The van der Waals surface area contributed by atoms with Crippen LogP contribution in [0, 0.1) is 0 Å². The van der Waals surface area contributed by atoms with Gasteiger partial charge in [0.05, 0.1) is 12.3 Å². The van der Waals surface area contributed by atoms with Crippen LogP contribution in [-0.2, 0) is 20.8 Å². The zero-order valence-corrected chi connectivity index (χ0v) is 18.7. The van der Waals surface area contributed by atoms with Gasteiger partial charge in [0.15, 0.2) is 6.61 Å². The number of cyclic esters (lactones) is 1. The Morgan fingerprint density at radius 3 is 2.69 bits per heavy atom. The number of benzene rings is 1. The Morgan fingerprint density at radius 1 is 1.12 bits per heavy atom. The van der Waals surface area contributed by atoms with Gasteiger partial charge in [-0.25, -0.2) is 4.79 Å². The third-order valence-electron chi connectivity index (χ3n) is 4.99. The van der Waals surface area contributed by atoms with Gasteiger partial charge in [0.2, 0.25) is 0 Å². The molecule has 1 aromatic rings. The van der Waals surface area contributed by atoms with Gasteiger partial charge >= 0.3 is 5.97 Å². The van der Waals surface area contributed by atoms with Crippen LogP contribution in [0.25, 0.3) is 0 Å². The molecule has 0 atom stereocenters. The molecule has 0 bridgehead atoms. The summed E-state index contributed by atoms with van der Waals surface area (Å²) >= 11 is 1.82. The van der Waals surface area contributed by atoms with Crippen molar-refractivity contribution >= 4 is 29.4 Å². The van der Waals surface area contributed by atoms with Crippen LogP contribution >= 0.6 is 11.8 Å². The highest BCUT2D eigenvalue weighted by atomic mass is 32.2. The standard InChI is InChI=1S/C23H28N2O6S/c26-19-14-17-13-18(24-31-16-21(28)25-8-11-32-12-9-25)7-5-3-1-2-4-6-10-30-23(29)22(17)20(27)15-19/h2,4-5,7,14-15,26-27H,1,3,6,8-13,16H2/b4-2+,7-5+,24-18?. The van der Waals surface area contributed by atoms with Crippen molar-refractivity contribution in [3.63, 3.8) is 0 Å². The molecule has 1 saturated heterocycles. The van der Waals surface area contributed by atoms with E-state index in [2.05, 4.69) is 5.16 Å². The van der Waals surface area contributed by atoms with Crippen molar-refractivity contribution in [2.45, 2.75) is 25.7 Å². The van der Waals surface area contributed by atoms with Crippen LogP contribution in [0.15, 0.2) is 41.6 Å². The zero-order chi connectivity index (χ0) is 22.8. The Labute approximate surface area is 191 Å². The fourth-order valence-electron chi connectivity index (χ4n) is 3.37. The second kappa shape index (κ2) is 12.2. The molecule has 0 saturated carbocycles. The summed E-state index contributed by atoms with van der Waals surface area (Å²) in [5, 5.41) is 24.3. The first-order valence-electron chi connectivity index (χ1n) is 10.6. The lowest BCUT2D eigenvalue weighted by Gasteiger charge is -2.25. The van der Waals surface area contributed by atoms with E-state index in [1.165, 1.54) is 6.07 Å². The number of fused-ring (bicyclic) bond motifs is 1. The summed E-state index contributed by atoms with van der Waals surface area (Å²) in [5.74, 6) is 0.485. The number of nitrogens with zero attached hydrogens (tertiary/aromatic N) is 2. The number of amides is 1. The minimum absolute atomic E-state index is 0.0215. The van der Waals surface area contributed by atoms with E-state index in [1.807, 2.05) is 30.0 Å². The Balaban J connectivity index is 1.80. The average molecular weight is 461 g/mol. The molecular formula is C23H28N2O6S. The topological polar surface area (TPSA) is 109 Å². The maximum absolute atomic E-state index is 12.6. The summed E-state index contributed by atoms with van der Waals surface area (Å²) in [6.07, 6.45) is 9.92. The Kier molecular flexibility index (Phi) is 9.03. The zero-order valence-electron chi connectivity index (χ0n) is 17.9. The van der Waals surface area contributed by atoms with Gasteiger partial charge < -0.3 is 24.7 Å². The highest BCUT2D eigenvalue weighted by Gasteiger charge is 2.21. The number of oxime groups is 1. The summed E-state index contributed by atoms with van der Waals surface area (Å²) in [7, 11) is 0. The maximum Gasteiger partial charge on any atom is 0.342 e. The minimum atomic E-state index is -0.676. The molecule has 1 aromatic carbocycles. The predicted octanol–water partition coefficient (Wildman–Crippen LogP) is 3.04. The summed E-state index contributed by atoms with van der Waals surface area (Å²) in [5.41, 5.74) is 0.783. The molecule has 2 aliphatic rings. The second-order valence-corrected chi connectivity index (χ2v) is 8.63. The van der Waals surface area contributed by atoms with Crippen LogP contribution < -0.4 is 0 Å². The number of carbonyl (C=O) groups excluding carboxylic acids is 2. The number of phenols is 2. The summed E-state index contributed by atoms with van der Waals surface area (Å²) < 4.78 is 5.28. The number of esters is 1. The third kappa shape index (κ3) is 7.05. The van der Waals surface area contributed by atoms with E-state index in [0.717, 1.165) is 30.4 Å². The van der Waals surface area contributed by atoms with Crippen LogP contribution in [0.2, 0.25) is 0 Å². The molecule has 0 radical (unpaired) electrons. The van der Waals surface area contributed by atoms with Crippen LogP contribution in [-0.4, -0.2) is 70.5 Å². The summed E-state index contributed by atoms with van der Waals surface area (Å²) in [6, 6.07) is 2.49. The molecule has 0 aromatic heterocycles. The van der Waals surface area contributed by atoms with Crippen LogP contribution in [0.5, 0.6) is 11.5 Å². The normalized spacial score (nSPS) is 21.2. The SMILES string of the molecule is O=C1OCC/C=C/CC/C=C/C(=NOCC(=O)N2CCSCC2)Cc2cc(O)cc(O)c21. The van der Waals surface area contributed by atoms with Gasteiger partial charge in [0.25, 0.3) is 5.91 Å². The quantitative estimate of drug-likeness (QED) is 0.405. The number of allylic oxidation sites excluding steroid dienone is 3. The summed E-state index contributed by atoms with van der Waals surface area (Å²) in [4.78, 5) is 32.0. The lowest BCUT2D eigenvalue weighted by molar-refractivity contribution is -0.135. The van der Waals surface area contributed by atoms with Gasteiger partial charge in [-0.1, -0.05) is 23.4 Å². The fraction of sp³-hybridized carbons (Fsp3) is 0.435. The molecule has 2 N–H and O–H groups in total. The molecule has 2 heterocycles. The van der Waals surface area contributed by atoms with E-state index in [9.17, 15) is 19.8 Å². The highest BCUT2D eigenvalue weighted by Crippen LogP contribution is 2.29. The lowest BCUT2D eigenvalue weighted by Crippen LogP contribution is -2.39. The van der Waals surface area contributed by atoms with Gasteiger partial charge in [0.1, 0.15) is 17.1 Å². The first kappa shape index (κ1) is 23.7. The van der Waals surface area contributed by atoms with Crippen molar-refractivity contribution in [2.75, 3.05) is 37.8 Å². The number of phenolic OH excluding ortho intramolecular Hbond substituents is 2. The lowest BCUT2D eigenvalue weighted by atomic mass is 10.00. The van der Waals surface area contributed by atoms with E-state index in [1.54, 1.807) is 11.0 Å². The van der Waals surface area contributed by atoms with Crippen LogP contribution in [0.4, 0.5) is 0 Å². The number of ether oxygens (including phenoxy) is 1. The third-order valence-corrected chi connectivity index (χ3v) is 5.93. The monoisotopic (exact) mass is 460 g/mol. The molecule has 172 valence electrons. The van der Waals surface area contributed by atoms with Crippen molar-refractivity contribution in [2.24, 2.45) is 5.16 Å². The van der Waals surface area contributed by atoms with Crippen molar-refractivity contribution in [3.05, 3.63) is 47.6 Å². The molecule has 0 aliphatic carbocycles. The number of aromatic hydroxyl groups is 2. The molecule has 1 fully saturated rings. The first-order valence-corrected chi connectivity index (χ1v) is 11.8. The number of thioether (sulfide) groups is 1. The molecule has 1 amide bonds. The summed E-state index contributed by atoms with van der Waals surface area (Å²) in [6.45, 7) is 1.41. The van der Waals surface area contributed by atoms with Crippen LogP contribution in [0.3, 0.4) is 0 Å². The van der Waals surface area contributed by atoms with Crippen molar-refractivity contribution in [1.29, 1.82) is 0 Å².